The molecular formula is C11H15F2NO2S. The zero-order chi connectivity index (χ0) is 12.9. The average Bonchev–Trinajstić information content (AvgIpc) is 2.23. The number of benzene rings is 1. The number of halogens is 2. The Morgan fingerprint density at radius 2 is 2.00 bits per heavy atom. The molecule has 0 saturated carbocycles. The Kier molecular flexibility index (Phi) is 5.02. The molecule has 0 spiro atoms. The standard InChI is InChI=1S/C11H15F2NO2S/c1-2-7-17(15,16)14-6-5-9-8-10(12)3-4-11(9)13/h3-4,8,14H,2,5-7H2,1H3. The summed E-state index contributed by atoms with van der Waals surface area (Å²) < 4.78 is 50.9. The highest BCUT2D eigenvalue weighted by atomic mass is 32.2. The summed E-state index contributed by atoms with van der Waals surface area (Å²) in [6.45, 7) is 1.83. The van der Waals surface area contributed by atoms with Gasteiger partial charge in [-0.05, 0) is 36.6 Å². The number of nitrogens with one attached hydrogen (secondary N) is 1. The Morgan fingerprint density at radius 1 is 1.29 bits per heavy atom. The molecule has 1 aromatic rings. The van der Waals surface area contributed by atoms with Crippen LogP contribution in [0, 0.1) is 11.6 Å². The average molecular weight is 263 g/mol. The molecule has 0 aromatic heterocycles. The second kappa shape index (κ2) is 6.07. The van der Waals surface area contributed by atoms with Crippen LogP contribution in [0.3, 0.4) is 0 Å². The third-order valence-electron chi connectivity index (χ3n) is 2.20. The van der Waals surface area contributed by atoms with Crippen molar-refractivity contribution in [3.63, 3.8) is 0 Å². The molecule has 96 valence electrons. The van der Waals surface area contributed by atoms with E-state index in [1.807, 2.05) is 0 Å². The van der Waals surface area contributed by atoms with Crippen molar-refractivity contribution < 1.29 is 17.2 Å². The summed E-state index contributed by atoms with van der Waals surface area (Å²) in [7, 11) is -3.29. The van der Waals surface area contributed by atoms with Crippen LogP contribution in [0.1, 0.15) is 18.9 Å². The monoisotopic (exact) mass is 263 g/mol. The van der Waals surface area contributed by atoms with E-state index in [0.717, 1.165) is 18.2 Å². The Labute approximate surface area is 99.9 Å². The van der Waals surface area contributed by atoms with E-state index in [1.54, 1.807) is 6.92 Å². The van der Waals surface area contributed by atoms with Gasteiger partial charge in [0.25, 0.3) is 0 Å². The highest BCUT2D eigenvalue weighted by Crippen LogP contribution is 2.09. The van der Waals surface area contributed by atoms with Crippen LogP contribution in [0.5, 0.6) is 0 Å². The first-order chi connectivity index (χ1) is 7.94. The zero-order valence-electron chi connectivity index (χ0n) is 9.54. The lowest BCUT2D eigenvalue weighted by Crippen LogP contribution is -2.28. The Balaban J connectivity index is 2.54. The first kappa shape index (κ1) is 14.1. The van der Waals surface area contributed by atoms with Crippen molar-refractivity contribution in [3.8, 4) is 0 Å². The van der Waals surface area contributed by atoms with Crippen molar-refractivity contribution in [2.45, 2.75) is 19.8 Å². The summed E-state index contributed by atoms with van der Waals surface area (Å²) in [5.41, 5.74) is 0.171. The molecule has 1 N–H and O–H groups in total. The van der Waals surface area contributed by atoms with Crippen LogP contribution >= 0.6 is 0 Å². The molecule has 1 aromatic carbocycles. The smallest absolute Gasteiger partial charge is 0.211 e. The van der Waals surface area contributed by atoms with Crippen LogP contribution in [-0.4, -0.2) is 20.7 Å². The molecule has 17 heavy (non-hydrogen) atoms. The third kappa shape index (κ3) is 4.79. The number of rotatable bonds is 6. The fraction of sp³-hybridized carbons (Fsp3) is 0.455. The summed E-state index contributed by atoms with van der Waals surface area (Å²) in [6, 6.07) is 3.13. The largest absolute Gasteiger partial charge is 0.215 e. The molecule has 0 aliphatic carbocycles. The fourth-order valence-corrected chi connectivity index (χ4v) is 2.51. The van der Waals surface area contributed by atoms with Crippen LogP contribution in [0.25, 0.3) is 0 Å². The molecule has 0 aliphatic heterocycles. The predicted molar refractivity (Wildman–Crippen MR) is 62.1 cm³/mol. The number of sulfonamides is 1. The highest BCUT2D eigenvalue weighted by Gasteiger charge is 2.09. The van der Waals surface area contributed by atoms with E-state index in [-0.39, 0.29) is 24.3 Å². The lowest BCUT2D eigenvalue weighted by atomic mass is 10.1. The van der Waals surface area contributed by atoms with Crippen molar-refractivity contribution in [1.82, 2.24) is 4.72 Å². The SMILES string of the molecule is CCCS(=O)(=O)NCCc1cc(F)ccc1F. The summed E-state index contributed by atoms with van der Waals surface area (Å²) in [5.74, 6) is -1.02. The van der Waals surface area contributed by atoms with Gasteiger partial charge in [0.2, 0.25) is 10.0 Å². The zero-order valence-corrected chi connectivity index (χ0v) is 10.4. The van der Waals surface area contributed by atoms with Crippen LogP contribution in [0.4, 0.5) is 8.78 Å². The minimum atomic E-state index is -3.29. The van der Waals surface area contributed by atoms with Crippen molar-refractivity contribution in [2.75, 3.05) is 12.3 Å². The van der Waals surface area contributed by atoms with Crippen molar-refractivity contribution in [3.05, 3.63) is 35.4 Å². The number of hydrogen-bond donors (Lipinski definition) is 1. The van der Waals surface area contributed by atoms with Gasteiger partial charge in [0.05, 0.1) is 5.75 Å². The van der Waals surface area contributed by atoms with Gasteiger partial charge in [-0.15, -0.1) is 0 Å². The van der Waals surface area contributed by atoms with E-state index < -0.39 is 21.7 Å². The first-order valence-electron chi connectivity index (χ1n) is 5.36. The van der Waals surface area contributed by atoms with Crippen molar-refractivity contribution >= 4 is 10.0 Å². The molecule has 1 rings (SSSR count). The van der Waals surface area contributed by atoms with Gasteiger partial charge in [0.15, 0.2) is 0 Å². The molecular weight excluding hydrogens is 248 g/mol. The second-order valence-corrected chi connectivity index (χ2v) is 5.63. The maximum Gasteiger partial charge on any atom is 0.211 e. The fourth-order valence-electron chi connectivity index (χ4n) is 1.42. The third-order valence-corrected chi connectivity index (χ3v) is 3.79. The molecule has 3 nitrogen and oxygen atoms in total. The summed E-state index contributed by atoms with van der Waals surface area (Å²) in [5, 5.41) is 0. The normalized spacial score (nSPS) is 11.7. The van der Waals surface area contributed by atoms with Gasteiger partial charge >= 0.3 is 0 Å². The van der Waals surface area contributed by atoms with Crippen LogP contribution in [0.15, 0.2) is 18.2 Å². The highest BCUT2D eigenvalue weighted by molar-refractivity contribution is 7.89. The van der Waals surface area contributed by atoms with Gasteiger partial charge in [0.1, 0.15) is 11.6 Å². The maximum absolute atomic E-state index is 13.2. The molecule has 0 saturated heterocycles. The van der Waals surface area contributed by atoms with Crippen LogP contribution in [0.2, 0.25) is 0 Å². The molecule has 0 bridgehead atoms. The first-order valence-corrected chi connectivity index (χ1v) is 7.01. The lowest BCUT2D eigenvalue weighted by molar-refractivity contribution is 0.571. The number of hydrogen-bond acceptors (Lipinski definition) is 2. The quantitative estimate of drug-likeness (QED) is 0.851. The van der Waals surface area contributed by atoms with Crippen molar-refractivity contribution in [1.29, 1.82) is 0 Å². The van der Waals surface area contributed by atoms with E-state index in [1.165, 1.54) is 0 Å². The van der Waals surface area contributed by atoms with E-state index in [0.29, 0.717) is 6.42 Å². The molecule has 0 amide bonds. The van der Waals surface area contributed by atoms with E-state index in [9.17, 15) is 17.2 Å². The summed E-state index contributed by atoms with van der Waals surface area (Å²) in [6.07, 6.45) is 0.649. The van der Waals surface area contributed by atoms with Gasteiger partial charge < -0.3 is 0 Å². The minimum Gasteiger partial charge on any atom is -0.215 e. The predicted octanol–water partition coefficient (Wildman–Crippen LogP) is 1.84. The van der Waals surface area contributed by atoms with Crippen LogP contribution < -0.4 is 4.72 Å². The summed E-state index contributed by atoms with van der Waals surface area (Å²) in [4.78, 5) is 0. The Morgan fingerprint density at radius 3 is 2.65 bits per heavy atom. The topological polar surface area (TPSA) is 46.2 Å². The minimum absolute atomic E-state index is 0.0403. The van der Waals surface area contributed by atoms with Gasteiger partial charge in [-0.1, -0.05) is 6.92 Å². The molecule has 6 heteroatoms. The van der Waals surface area contributed by atoms with Gasteiger partial charge in [-0.25, -0.2) is 21.9 Å². The van der Waals surface area contributed by atoms with E-state index in [4.69, 9.17) is 0 Å². The maximum atomic E-state index is 13.2. The molecule has 0 unspecified atom stereocenters. The van der Waals surface area contributed by atoms with Crippen molar-refractivity contribution in [2.24, 2.45) is 0 Å². The molecule has 0 aliphatic rings. The van der Waals surface area contributed by atoms with Crippen LogP contribution in [-0.2, 0) is 16.4 Å². The van der Waals surface area contributed by atoms with E-state index in [2.05, 4.69) is 4.72 Å². The second-order valence-electron chi connectivity index (χ2n) is 3.70. The van der Waals surface area contributed by atoms with Gasteiger partial charge in [-0.2, -0.15) is 0 Å². The molecule has 0 fully saturated rings. The molecule has 0 heterocycles. The lowest BCUT2D eigenvalue weighted by Gasteiger charge is -2.06. The molecule has 0 radical (unpaired) electrons. The Hall–Kier alpha value is -1.01. The van der Waals surface area contributed by atoms with E-state index >= 15 is 0 Å². The summed E-state index contributed by atoms with van der Waals surface area (Å²) >= 11 is 0. The van der Waals surface area contributed by atoms with Gasteiger partial charge in [0, 0.05) is 6.54 Å². The Bertz CT molecular complexity index is 474. The van der Waals surface area contributed by atoms with Gasteiger partial charge in [-0.3, -0.25) is 0 Å². The molecule has 0 atom stereocenters.